The van der Waals surface area contributed by atoms with Gasteiger partial charge in [-0.3, -0.25) is 4.68 Å². The number of rotatable bonds is 4. The normalized spacial score (nSPS) is 20.6. The number of piperidine rings is 1. The van der Waals surface area contributed by atoms with E-state index in [4.69, 9.17) is 0 Å². The van der Waals surface area contributed by atoms with E-state index in [0.29, 0.717) is 6.42 Å². The molecule has 0 amide bonds. The number of aryl methyl sites for hydroxylation is 1. The maximum absolute atomic E-state index is 10.5. The maximum Gasteiger partial charge on any atom is 0.138 e. The number of likely N-dealkylation sites (tertiary alicyclic amines) is 1. The molecule has 5 nitrogen and oxygen atoms in total. The van der Waals surface area contributed by atoms with Gasteiger partial charge in [-0.1, -0.05) is 6.92 Å². The number of nitrogens with zero attached hydrogens (tertiary/aromatic N) is 4. The SMILES string of the molecule is CCCn1ncnc1CC1(O)CCN(C)CC1. The van der Waals surface area contributed by atoms with Crippen molar-refractivity contribution in [3.05, 3.63) is 12.2 Å². The van der Waals surface area contributed by atoms with Gasteiger partial charge < -0.3 is 10.0 Å². The number of aromatic nitrogens is 3. The Bertz CT molecular complexity index is 355. The van der Waals surface area contributed by atoms with Crippen LogP contribution in [0.4, 0.5) is 0 Å². The smallest absolute Gasteiger partial charge is 0.138 e. The van der Waals surface area contributed by atoms with E-state index in [-0.39, 0.29) is 0 Å². The van der Waals surface area contributed by atoms with E-state index < -0.39 is 5.60 Å². The first-order valence-corrected chi connectivity index (χ1v) is 6.40. The quantitative estimate of drug-likeness (QED) is 0.838. The molecule has 0 saturated carbocycles. The molecule has 0 bridgehead atoms. The van der Waals surface area contributed by atoms with Crippen molar-refractivity contribution in [3.8, 4) is 0 Å². The first-order valence-electron chi connectivity index (χ1n) is 6.40. The second kappa shape index (κ2) is 5.14. The highest BCUT2D eigenvalue weighted by atomic mass is 16.3. The zero-order chi connectivity index (χ0) is 12.3. The first kappa shape index (κ1) is 12.5. The van der Waals surface area contributed by atoms with Crippen LogP contribution in [0, 0.1) is 0 Å². The fourth-order valence-electron chi connectivity index (χ4n) is 2.33. The van der Waals surface area contributed by atoms with Gasteiger partial charge in [0.1, 0.15) is 12.2 Å². The summed E-state index contributed by atoms with van der Waals surface area (Å²) in [6, 6.07) is 0. The van der Waals surface area contributed by atoms with Gasteiger partial charge in [-0.15, -0.1) is 0 Å². The van der Waals surface area contributed by atoms with Crippen molar-refractivity contribution in [1.82, 2.24) is 19.7 Å². The summed E-state index contributed by atoms with van der Waals surface area (Å²) in [5.74, 6) is 0.916. The highest BCUT2D eigenvalue weighted by Crippen LogP contribution is 2.24. The fourth-order valence-corrected chi connectivity index (χ4v) is 2.33. The van der Waals surface area contributed by atoms with Crippen LogP contribution in [0.3, 0.4) is 0 Å². The van der Waals surface area contributed by atoms with Gasteiger partial charge in [0.25, 0.3) is 0 Å². The van der Waals surface area contributed by atoms with Crippen LogP contribution in [0.1, 0.15) is 32.0 Å². The molecule has 2 heterocycles. The van der Waals surface area contributed by atoms with Crippen LogP contribution in [-0.2, 0) is 13.0 Å². The van der Waals surface area contributed by atoms with Crippen LogP contribution >= 0.6 is 0 Å². The molecule has 0 aliphatic carbocycles. The van der Waals surface area contributed by atoms with Gasteiger partial charge in [-0.25, -0.2) is 4.98 Å². The highest BCUT2D eigenvalue weighted by molar-refractivity contribution is 4.97. The molecule has 1 aromatic heterocycles. The van der Waals surface area contributed by atoms with E-state index in [0.717, 1.165) is 44.7 Å². The summed E-state index contributed by atoms with van der Waals surface area (Å²) < 4.78 is 1.91. The lowest BCUT2D eigenvalue weighted by Crippen LogP contribution is -2.44. The molecule has 1 aromatic rings. The summed E-state index contributed by atoms with van der Waals surface area (Å²) in [5, 5.41) is 14.7. The van der Waals surface area contributed by atoms with Crippen molar-refractivity contribution in [2.75, 3.05) is 20.1 Å². The number of hydrogen-bond acceptors (Lipinski definition) is 4. The Hall–Kier alpha value is -0.940. The molecule has 0 unspecified atom stereocenters. The van der Waals surface area contributed by atoms with Gasteiger partial charge in [0, 0.05) is 26.1 Å². The Morgan fingerprint density at radius 3 is 2.76 bits per heavy atom. The third-order valence-corrected chi connectivity index (χ3v) is 3.54. The topological polar surface area (TPSA) is 54.2 Å². The molecule has 1 fully saturated rings. The lowest BCUT2D eigenvalue weighted by molar-refractivity contribution is -0.0172. The van der Waals surface area contributed by atoms with E-state index in [2.05, 4.69) is 29.0 Å². The summed E-state index contributed by atoms with van der Waals surface area (Å²) in [6.45, 7) is 4.91. The highest BCUT2D eigenvalue weighted by Gasteiger charge is 2.32. The van der Waals surface area contributed by atoms with Crippen LogP contribution < -0.4 is 0 Å². The number of hydrogen-bond donors (Lipinski definition) is 1. The van der Waals surface area contributed by atoms with Crippen molar-refractivity contribution in [3.63, 3.8) is 0 Å². The average Bonchev–Trinajstić information content (AvgIpc) is 2.71. The summed E-state index contributed by atoms with van der Waals surface area (Å²) in [6.07, 6.45) is 4.90. The van der Waals surface area contributed by atoms with Gasteiger partial charge in [-0.05, 0) is 26.3 Å². The van der Waals surface area contributed by atoms with Crippen LogP contribution in [0.5, 0.6) is 0 Å². The predicted molar refractivity (Wildman–Crippen MR) is 65.7 cm³/mol. The van der Waals surface area contributed by atoms with Gasteiger partial charge in [0.15, 0.2) is 0 Å². The monoisotopic (exact) mass is 238 g/mol. The average molecular weight is 238 g/mol. The third kappa shape index (κ3) is 3.04. The molecular weight excluding hydrogens is 216 g/mol. The molecular formula is C12H22N4O. The standard InChI is InChI=1S/C12H22N4O/c1-3-6-16-11(13-10-14-16)9-12(17)4-7-15(2)8-5-12/h10,17H,3-9H2,1-2H3. The zero-order valence-electron chi connectivity index (χ0n) is 10.8. The van der Waals surface area contributed by atoms with E-state index in [1.807, 2.05) is 4.68 Å². The van der Waals surface area contributed by atoms with Gasteiger partial charge >= 0.3 is 0 Å². The van der Waals surface area contributed by atoms with Crippen molar-refractivity contribution < 1.29 is 5.11 Å². The van der Waals surface area contributed by atoms with Gasteiger partial charge in [0.2, 0.25) is 0 Å². The van der Waals surface area contributed by atoms with Crippen LogP contribution in [0.25, 0.3) is 0 Å². The Morgan fingerprint density at radius 2 is 2.12 bits per heavy atom. The first-order chi connectivity index (χ1) is 8.13. The maximum atomic E-state index is 10.5. The van der Waals surface area contributed by atoms with E-state index >= 15 is 0 Å². The second-order valence-corrected chi connectivity index (χ2v) is 5.10. The molecule has 96 valence electrons. The fraction of sp³-hybridized carbons (Fsp3) is 0.833. The van der Waals surface area contributed by atoms with Crippen LogP contribution in [0.2, 0.25) is 0 Å². The molecule has 0 radical (unpaired) electrons. The van der Waals surface area contributed by atoms with E-state index in [9.17, 15) is 5.11 Å². The van der Waals surface area contributed by atoms with E-state index in [1.165, 1.54) is 0 Å². The Morgan fingerprint density at radius 1 is 1.41 bits per heavy atom. The largest absolute Gasteiger partial charge is 0.389 e. The molecule has 1 aliphatic heterocycles. The molecule has 1 N–H and O–H groups in total. The Balaban J connectivity index is 2.01. The van der Waals surface area contributed by atoms with Crippen molar-refractivity contribution in [2.24, 2.45) is 0 Å². The van der Waals surface area contributed by atoms with E-state index in [1.54, 1.807) is 6.33 Å². The summed E-state index contributed by atoms with van der Waals surface area (Å²) >= 11 is 0. The zero-order valence-corrected chi connectivity index (χ0v) is 10.8. The molecule has 0 spiro atoms. The molecule has 17 heavy (non-hydrogen) atoms. The Labute approximate surface area is 102 Å². The molecule has 1 saturated heterocycles. The molecule has 0 atom stereocenters. The summed E-state index contributed by atoms with van der Waals surface area (Å²) in [4.78, 5) is 6.53. The second-order valence-electron chi connectivity index (χ2n) is 5.10. The predicted octanol–water partition coefficient (Wildman–Crippen LogP) is 0.687. The summed E-state index contributed by atoms with van der Waals surface area (Å²) in [7, 11) is 2.10. The minimum absolute atomic E-state index is 0.592. The minimum Gasteiger partial charge on any atom is -0.389 e. The van der Waals surface area contributed by atoms with Gasteiger partial charge in [-0.2, -0.15) is 5.10 Å². The third-order valence-electron chi connectivity index (χ3n) is 3.54. The molecule has 1 aliphatic rings. The van der Waals surface area contributed by atoms with Crippen molar-refractivity contribution >= 4 is 0 Å². The molecule has 0 aromatic carbocycles. The summed E-state index contributed by atoms with van der Waals surface area (Å²) in [5.41, 5.74) is -0.592. The van der Waals surface area contributed by atoms with Crippen molar-refractivity contribution in [2.45, 2.75) is 44.8 Å². The molecule has 2 rings (SSSR count). The lowest BCUT2D eigenvalue weighted by Gasteiger charge is -2.36. The number of aliphatic hydroxyl groups is 1. The van der Waals surface area contributed by atoms with Crippen molar-refractivity contribution in [1.29, 1.82) is 0 Å². The lowest BCUT2D eigenvalue weighted by atomic mass is 9.88. The van der Waals surface area contributed by atoms with Crippen LogP contribution in [-0.4, -0.2) is 50.5 Å². The van der Waals surface area contributed by atoms with Crippen LogP contribution in [0.15, 0.2) is 6.33 Å². The minimum atomic E-state index is -0.592. The van der Waals surface area contributed by atoms with Gasteiger partial charge in [0.05, 0.1) is 5.60 Å². The molecule has 5 heteroatoms. The Kier molecular flexibility index (Phi) is 3.79.